The molecule has 19 heavy (non-hydrogen) atoms. The number of nitrogens with zero attached hydrogens (tertiary/aromatic N) is 2. The lowest BCUT2D eigenvalue weighted by Gasteiger charge is -2.16. The van der Waals surface area contributed by atoms with Crippen molar-refractivity contribution in [1.29, 1.82) is 0 Å². The predicted molar refractivity (Wildman–Crippen MR) is 71.9 cm³/mol. The molecule has 0 fully saturated rings. The highest BCUT2D eigenvalue weighted by molar-refractivity contribution is 6.00. The zero-order chi connectivity index (χ0) is 14.0. The molecule has 0 N–H and O–H groups in total. The van der Waals surface area contributed by atoms with Gasteiger partial charge in [0.2, 0.25) is 5.91 Å². The highest BCUT2D eigenvalue weighted by Crippen LogP contribution is 2.28. The Morgan fingerprint density at radius 1 is 1.47 bits per heavy atom. The molecule has 1 aromatic carbocycles. The largest absolute Gasteiger partial charge is 0.468 e. The molecular formula is C14H18N2O3. The zero-order valence-electron chi connectivity index (χ0n) is 11.5. The third-order valence-corrected chi connectivity index (χ3v) is 3.30. The van der Waals surface area contributed by atoms with E-state index in [4.69, 9.17) is 0 Å². The van der Waals surface area contributed by atoms with Gasteiger partial charge in [0.25, 0.3) is 0 Å². The second-order valence-corrected chi connectivity index (χ2v) is 4.84. The van der Waals surface area contributed by atoms with Crippen LogP contribution in [0.4, 0.5) is 5.69 Å². The van der Waals surface area contributed by atoms with Gasteiger partial charge in [0.1, 0.15) is 0 Å². The Bertz CT molecular complexity index is 513. The zero-order valence-corrected chi connectivity index (χ0v) is 11.5. The summed E-state index contributed by atoms with van der Waals surface area (Å²) in [5, 5.41) is 0. The number of hydrogen-bond donors (Lipinski definition) is 0. The van der Waals surface area contributed by atoms with E-state index in [1.165, 1.54) is 7.11 Å². The van der Waals surface area contributed by atoms with Gasteiger partial charge in [-0.15, -0.1) is 0 Å². The Morgan fingerprint density at radius 3 is 2.89 bits per heavy atom. The fourth-order valence-corrected chi connectivity index (χ4v) is 2.27. The van der Waals surface area contributed by atoms with E-state index >= 15 is 0 Å². The lowest BCUT2D eigenvalue weighted by molar-refractivity contribution is -0.141. The molecule has 0 aromatic heterocycles. The van der Waals surface area contributed by atoms with Gasteiger partial charge in [0.15, 0.2) is 0 Å². The van der Waals surface area contributed by atoms with Crippen molar-refractivity contribution in [2.75, 3.05) is 32.6 Å². The summed E-state index contributed by atoms with van der Waals surface area (Å²) < 4.78 is 4.63. The topological polar surface area (TPSA) is 49.9 Å². The summed E-state index contributed by atoms with van der Waals surface area (Å²) in [7, 11) is 5.03. The highest BCUT2D eigenvalue weighted by atomic mass is 16.5. The number of anilines is 1. The van der Waals surface area contributed by atoms with Gasteiger partial charge in [0.05, 0.1) is 20.1 Å². The van der Waals surface area contributed by atoms with Crippen LogP contribution in [0.3, 0.4) is 0 Å². The van der Waals surface area contributed by atoms with Crippen molar-refractivity contribution < 1.29 is 14.3 Å². The molecule has 0 atom stereocenters. The molecule has 1 amide bonds. The molecule has 2 rings (SSSR count). The summed E-state index contributed by atoms with van der Waals surface area (Å²) >= 11 is 0. The molecule has 1 heterocycles. The molecule has 1 aromatic rings. The van der Waals surface area contributed by atoms with Gasteiger partial charge in [-0.1, -0.05) is 12.1 Å². The number of esters is 1. The fourth-order valence-electron chi connectivity index (χ4n) is 2.27. The van der Waals surface area contributed by atoms with Gasteiger partial charge in [-0.05, 0) is 24.2 Å². The third-order valence-electron chi connectivity index (χ3n) is 3.30. The van der Waals surface area contributed by atoms with Crippen LogP contribution in [0.1, 0.15) is 11.1 Å². The molecule has 5 heteroatoms. The first-order valence-corrected chi connectivity index (χ1v) is 6.15. The monoisotopic (exact) mass is 262 g/mol. The normalized spacial score (nSPS) is 13.9. The Hall–Kier alpha value is -1.88. The van der Waals surface area contributed by atoms with Crippen molar-refractivity contribution in [3.8, 4) is 0 Å². The van der Waals surface area contributed by atoms with Crippen LogP contribution in [0.2, 0.25) is 0 Å². The number of ether oxygens (including phenoxy) is 1. The molecule has 0 aliphatic carbocycles. The van der Waals surface area contributed by atoms with Crippen molar-refractivity contribution in [3.05, 3.63) is 29.3 Å². The minimum absolute atomic E-state index is 0.120. The van der Waals surface area contributed by atoms with E-state index in [0.717, 1.165) is 16.8 Å². The number of methoxy groups -OCH3 is 1. The lowest BCUT2D eigenvalue weighted by atomic mass is 10.1. The molecular weight excluding hydrogens is 244 g/mol. The lowest BCUT2D eigenvalue weighted by Crippen LogP contribution is -2.26. The second kappa shape index (κ2) is 5.40. The van der Waals surface area contributed by atoms with E-state index in [2.05, 4.69) is 4.74 Å². The number of fused-ring (bicyclic) bond motifs is 1. The maximum atomic E-state index is 11.6. The van der Waals surface area contributed by atoms with Crippen molar-refractivity contribution in [2.24, 2.45) is 0 Å². The first-order chi connectivity index (χ1) is 9.01. The van der Waals surface area contributed by atoms with Crippen LogP contribution in [0.15, 0.2) is 18.2 Å². The Morgan fingerprint density at radius 2 is 2.21 bits per heavy atom. The standard InChI is InChI=1S/C14H18N2O3/c1-15(9-14(18)19-3)8-10-4-5-12-11(6-10)7-13(17)16(12)2/h4-6H,7-9H2,1-3H3. The van der Waals surface area contributed by atoms with E-state index in [1.54, 1.807) is 11.9 Å². The van der Waals surface area contributed by atoms with Gasteiger partial charge in [-0.3, -0.25) is 14.5 Å². The van der Waals surface area contributed by atoms with Crippen molar-refractivity contribution in [1.82, 2.24) is 4.90 Å². The molecule has 0 unspecified atom stereocenters. The summed E-state index contributed by atoms with van der Waals surface area (Å²) in [6.45, 7) is 0.909. The van der Waals surface area contributed by atoms with Crippen LogP contribution in [0.5, 0.6) is 0 Å². The first kappa shape index (κ1) is 13.5. The van der Waals surface area contributed by atoms with Crippen molar-refractivity contribution in [2.45, 2.75) is 13.0 Å². The summed E-state index contributed by atoms with van der Waals surface area (Å²) in [6, 6.07) is 5.98. The maximum absolute atomic E-state index is 11.6. The van der Waals surface area contributed by atoms with E-state index in [1.807, 2.05) is 30.1 Å². The Balaban J connectivity index is 2.06. The quantitative estimate of drug-likeness (QED) is 0.754. The van der Waals surface area contributed by atoms with E-state index < -0.39 is 0 Å². The number of carbonyl (C=O) groups is 2. The van der Waals surface area contributed by atoms with Crippen LogP contribution in [0, 0.1) is 0 Å². The predicted octanol–water partition coefficient (Wildman–Crippen LogP) is 0.810. The molecule has 1 aliphatic heterocycles. The number of hydrogen-bond acceptors (Lipinski definition) is 4. The first-order valence-electron chi connectivity index (χ1n) is 6.15. The molecule has 5 nitrogen and oxygen atoms in total. The number of carbonyl (C=O) groups excluding carboxylic acids is 2. The number of likely N-dealkylation sites (N-methyl/N-ethyl adjacent to an activating group) is 2. The third kappa shape index (κ3) is 2.93. The SMILES string of the molecule is COC(=O)CN(C)Cc1ccc2c(c1)CC(=O)N2C. The van der Waals surface area contributed by atoms with E-state index in [-0.39, 0.29) is 18.4 Å². The van der Waals surface area contributed by atoms with Gasteiger partial charge >= 0.3 is 5.97 Å². The van der Waals surface area contributed by atoms with E-state index in [9.17, 15) is 9.59 Å². The Kier molecular flexibility index (Phi) is 3.85. The minimum atomic E-state index is -0.251. The van der Waals surface area contributed by atoms with Crippen LogP contribution in [-0.4, -0.2) is 44.5 Å². The van der Waals surface area contributed by atoms with Crippen LogP contribution in [-0.2, 0) is 27.3 Å². The van der Waals surface area contributed by atoms with Gasteiger partial charge < -0.3 is 9.64 Å². The van der Waals surface area contributed by atoms with Crippen molar-refractivity contribution >= 4 is 17.6 Å². The molecule has 0 saturated heterocycles. The molecule has 0 bridgehead atoms. The summed E-state index contributed by atoms with van der Waals surface area (Å²) in [5.74, 6) is -0.131. The molecule has 0 spiro atoms. The maximum Gasteiger partial charge on any atom is 0.319 e. The second-order valence-electron chi connectivity index (χ2n) is 4.84. The smallest absolute Gasteiger partial charge is 0.319 e. The van der Waals surface area contributed by atoms with E-state index in [0.29, 0.717) is 13.0 Å². The molecule has 102 valence electrons. The molecule has 0 radical (unpaired) electrons. The average molecular weight is 262 g/mol. The van der Waals surface area contributed by atoms with Gasteiger partial charge in [0, 0.05) is 19.3 Å². The Labute approximate surface area is 112 Å². The van der Waals surface area contributed by atoms with Crippen LogP contribution >= 0.6 is 0 Å². The number of benzene rings is 1. The van der Waals surface area contributed by atoms with Crippen LogP contribution < -0.4 is 4.90 Å². The van der Waals surface area contributed by atoms with Crippen molar-refractivity contribution in [3.63, 3.8) is 0 Å². The average Bonchev–Trinajstić information content (AvgIpc) is 2.64. The fraction of sp³-hybridized carbons (Fsp3) is 0.429. The summed E-state index contributed by atoms with van der Waals surface area (Å²) in [5.41, 5.74) is 3.12. The molecule has 0 saturated carbocycles. The summed E-state index contributed by atoms with van der Waals surface area (Å²) in [4.78, 5) is 26.3. The number of rotatable bonds is 4. The van der Waals surface area contributed by atoms with Crippen LogP contribution in [0.25, 0.3) is 0 Å². The number of amides is 1. The van der Waals surface area contributed by atoms with Gasteiger partial charge in [-0.2, -0.15) is 0 Å². The molecule has 1 aliphatic rings. The minimum Gasteiger partial charge on any atom is -0.468 e. The van der Waals surface area contributed by atoms with Gasteiger partial charge in [-0.25, -0.2) is 0 Å². The summed E-state index contributed by atoms with van der Waals surface area (Å²) in [6.07, 6.45) is 0.459. The highest BCUT2D eigenvalue weighted by Gasteiger charge is 2.23.